The second-order valence-corrected chi connectivity index (χ2v) is 3.93. The second kappa shape index (κ2) is 3.59. The van der Waals surface area contributed by atoms with Gasteiger partial charge in [0, 0.05) is 10.7 Å². The summed E-state index contributed by atoms with van der Waals surface area (Å²) in [7, 11) is 0. The van der Waals surface area contributed by atoms with Gasteiger partial charge in [0.25, 0.3) is 0 Å². The van der Waals surface area contributed by atoms with E-state index in [0.717, 1.165) is 22.0 Å². The summed E-state index contributed by atoms with van der Waals surface area (Å²) in [6.45, 7) is 1.98. The topological polar surface area (TPSA) is 31.6 Å². The third kappa shape index (κ3) is 1.74. The van der Waals surface area contributed by atoms with E-state index in [4.69, 9.17) is 23.8 Å². The molecule has 2 nitrogen and oxygen atoms in total. The Hall–Kier alpha value is -1.06. The van der Waals surface area contributed by atoms with Gasteiger partial charge >= 0.3 is 0 Å². The van der Waals surface area contributed by atoms with Gasteiger partial charge in [-0.25, -0.2) is 0 Å². The van der Waals surface area contributed by atoms with Crippen molar-refractivity contribution in [1.29, 1.82) is 0 Å². The summed E-state index contributed by atoms with van der Waals surface area (Å²) in [5.74, 6) is 0. The molecule has 0 aliphatic carbocycles. The summed E-state index contributed by atoms with van der Waals surface area (Å²) in [6.07, 6.45) is 0. The lowest BCUT2D eigenvalue weighted by molar-refractivity contribution is 1.22. The molecule has 0 aliphatic heterocycles. The van der Waals surface area contributed by atoms with Gasteiger partial charge < -0.3 is 9.97 Å². The third-order valence-electron chi connectivity index (χ3n) is 2.05. The molecule has 0 radical (unpaired) electrons. The van der Waals surface area contributed by atoms with Crippen LogP contribution in [0.1, 0.15) is 5.69 Å². The van der Waals surface area contributed by atoms with E-state index in [9.17, 15) is 0 Å². The summed E-state index contributed by atoms with van der Waals surface area (Å²) >= 11 is 10.8. The zero-order valence-electron chi connectivity index (χ0n) is 7.60. The number of aromatic nitrogens is 2. The van der Waals surface area contributed by atoms with Gasteiger partial charge in [-0.1, -0.05) is 23.7 Å². The minimum Gasteiger partial charge on any atom is -0.334 e. The minimum absolute atomic E-state index is 0.646. The number of nitrogens with one attached hydrogen (secondary N) is 2. The molecule has 2 aromatic rings. The van der Waals surface area contributed by atoms with Crippen molar-refractivity contribution in [2.24, 2.45) is 0 Å². The highest BCUT2D eigenvalue weighted by Crippen LogP contribution is 2.21. The van der Waals surface area contributed by atoms with Crippen molar-refractivity contribution < 1.29 is 0 Å². The third-order valence-corrected chi connectivity index (χ3v) is 2.50. The monoisotopic (exact) mass is 224 g/mol. The molecule has 0 saturated heterocycles. The van der Waals surface area contributed by atoms with Crippen molar-refractivity contribution in [3.63, 3.8) is 0 Å². The summed E-state index contributed by atoms with van der Waals surface area (Å²) < 4.78 is 0.646. The number of aryl methyl sites for hydroxylation is 1. The van der Waals surface area contributed by atoms with Crippen LogP contribution in [-0.2, 0) is 0 Å². The molecular formula is C10H9ClN2S. The average molecular weight is 225 g/mol. The van der Waals surface area contributed by atoms with E-state index in [1.807, 2.05) is 31.2 Å². The molecule has 4 heteroatoms. The zero-order valence-corrected chi connectivity index (χ0v) is 9.17. The molecular weight excluding hydrogens is 216 g/mol. The van der Waals surface area contributed by atoms with Crippen LogP contribution >= 0.6 is 23.8 Å². The molecule has 14 heavy (non-hydrogen) atoms. The molecule has 2 rings (SSSR count). The normalized spacial score (nSPS) is 10.4. The Bertz CT molecular complexity index is 496. The average Bonchev–Trinajstić information content (AvgIpc) is 2.47. The van der Waals surface area contributed by atoms with Crippen molar-refractivity contribution in [2.45, 2.75) is 6.92 Å². The Labute approximate surface area is 91.9 Å². The zero-order chi connectivity index (χ0) is 10.1. The van der Waals surface area contributed by atoms with Gasteiger partial charge in [0.05, 0.1) is 5.69 Å². The predicted molar refractivity (Wildman–Crippen MR) is 61.2 cm³/mol. The highest BCUT2D eigenvalue weighted by molar-refractivity contribution is 7.71. The van der Waals surface area contributed by atoms with Crippen molar-refractivity contribution >= 4 is 23.8 Å². The lowest BCUT2D eigenvalue weighted by atomic mass is 10.1. The molecule has 1 aromatic carbocycles. The lowest BCUT2D eigenvalue weighted by Gasteiger charge is -1.98. The van der Waals surface area contributed by atoms with Crippen LogP contribution < -0.4 is 0 Å². The van der Waals surface area contributed by atoms with Crippen molar-refractivity contribution in [3.8, 4) is 11.3 Å². The maximum Gasteiger partial charge on any atom is 0.175 e. The maximum absolute atomic E-state index is 5.81. The van der Waals surface area contributed by atoms with Crippen LogP contribution in [0.5, 0.6) is 0 Å². The van der Waals surface area contributed by atoms with Crippen LogP contribution in [-0.4, -0.2) is 9.97 Å². The summed E-state index contributed by atoms with van der Waals surface area (Å²) in [5.41, 5.74) is 3.14. The first kappa shape index (κ1) is 9.49. The van der Waals surface area contributed by atoms with Crippen molar-refractivity contribution in [1.82, 2.24) is 9.97 Å². The molecule has 0 unspecified atom stereocenters. The first-order valence-electron chi connectivity index (χ1n) is 4.21. The minimum atomic E-state index is 0.646. The molecule has 0 bridgehead atoms. The van der Waals surface area contributed by atoms with Crippen LogP contribution in [0.2, 0.25) is 5.02 Å². The van der Waals surface area contributed by atoms with E-state index >= 15 is 0 Å². The molecule has 1 aromatic heterocycles. The summed E-state index contributed by atoms with van der Waals surface area (Å²) in [5, 5.41) is 0.737. The molecule has 0 aliphatic rings. The number of imidazole rings is 1. The van der Waals surface area contributed by atoms with Gasteiger partial charge in [-0.2, -0.15) is 0 Å². The standard InChI is InChI=1S/C10H9ClN2S/c1-6-9(13-10(14)12-6)7-2-4-8(11)5-3-7/h2-5H,1H3,(H2,12,13,14). The first-order chi connectivity index (χ1) is 6.66. The lowest BCUT2D eigenvalue weighted by Crippen LogP contribution is -1.80. The second-order valence-electron chi connectivity index (χ2n) is 3.09. The van der Waals surface area contributed by atoms with Gasteiger partial charge in [-0.15, -0.1) is 0 Å². The Kier molecular flexibility index (Phi) is 2.44. The van der Waals surface area contributed by atoms with Gasteiger partial charge in [0.2, 0.25) is 0 Å². The highest BCUT2D eigenvalue weighted by Gasteiger charge is 2.03. The Morgan fingerprint density at radius 2 is 1.79 bits per heavy atom. The molecule has 0 spiro atoms. The Balaban J connectivity index is 2.54. The van der Waals surface area contributed by atoms with Crippen molar-refractivity contribution in [3.05, 3.63) is 39.8 Å². The number of hydrogen-bond acceptors (Lipinski definition) is 1. The van der Waals surface area contributed by atoms with Crippen LogP contribution in [0.3, 0.4) is 0 Å². The van der Waals surface area contributed by atoms with E-state index in [-0.39, 0.29) is 0 Å². The van der Waals surface area contributed by atoms with Gasteiger partial charge in [-0.05, 0) is 36.8 Å². The Morgan fingerprint density at radius 3 is 2.29 bits per heavy atom. The predicted octanol–water partition coefficient (Wildman–Crippen LogP) is 3.70. The SMILES string of the molecule is Cc1[nH]c(=S)[nH]c1-c1ccc(Cl)cc1. The number of halogens is 1. The maximum atomic E-state index is 5.81. The molecule has 0 saturated carbocycles. The number of aromatic amines is 2. The van der Waals surface area contributed by atoms with E-state index < -0.39 is 0 Å². The number of rotatable bonds is 1. The first-order valence-corrected chi connectivity index (χ1v) is 5.00. The van der Waals surface area contributed by atoms with Crippen LogP contribution in [0, 0.1) is 11.7 Å². The smallest absolute Gasteiger partial charge is 0.175 e. The molecule has 0 fully saturated rings. The van der Waals surface area contributed by atoms with E-state index in [1.165, 1.54) is 0 Å². The molecule has 1 heterocycles. The Morgan fingerprint density at radius 1 is 1.14 bits per heavy atom. The van der Waals surface area contributed by atoms with Gasteiger partial charge in [0.15, 0.2) is 4.77 Å². The van der Waals surface area contributed by atoms with Crippen LogP contribution in [0.4, 0.5) is 0 Å². The fourth-order valence-corrected chi connectivity index (χ4v) is 1.76. The van der Waals surface area contributed by atoms with Crippen LogP contribution in [0.15, 0.2) is 24.3 Å². The number of H-pyrrole nitrogens is 2. The van der Waals surface area contributed by atoms with Gasteiger partial charge in [0.1, 0.15) is 0 Å². The summed E-state index contributed by atoms with van der Waals surface area (Å²) in [4.78, 5) is 6.14. The van der Waals surface area contributed by atoms with Crippen LogP contribution in [0.25, 0.3) is 11.3 Å². The molecule has 0 atom stereocenters. The molecule has 0 amide bonds. The molecule has 2 N–H and O–H groups in total. The fraction of sp³-hybridized carbons (Fsp3) is 0.100. The number of benzene rings is 1. The summed E-state index contributed by atoms with van der Waals surface area (Å²) in [6, 6.07) is 7.65. The number of hydrogen-bond donors (Lipinski definition) is 2. The van der Waals surface area contributed by atoms with Crippen molar-refractivity contribution in [2.75, 3.05) is 0 Å². The van der Waals surface area contributed by atoms with E-state index in [1.54, 1.807) is 0 Å². The van der Waals surface area contributed by atoms with E-state index in [0.29, 0.717) is 4.77 Å². The largest absolute Gasteiger partial charge is 0.334 e. The highest BCUT2D eigenvalue weighted by atomic mass is 35.5. The van der Waals surface area contributed by atoms with E-state index in [2.05, 4.69) is 9.97 Å². The fourth-order valence-electron chi connectivity index (χ4n) is 1.38. The quantitative estimate of drug-likeness (QED) is 0.712. The van der Waals surface area contributed by atoms with Gasteiger partial charge in [-0.3, -0.25) is 0 Å². The molecule has 72 valence electrons.